The van der Waals surface area contributed by atoms with Gasteiger partial charge < -0.3 is 10.1 Å². The molecule has 0 spiro atoms. The minimum Gasteiger partial charge on any atom is -0.355 e. The molecule has 1 aliphatic rings. The first-order valence-corrected chi connectivity index (χ1v) is 4.95. The van der Waals surface area contributed by atoms with Gasteiger partial charge in [0.2, 0.25) is 0 Å². The molecule has 2 atom stereocenters. The van der Waals surface area contributed by atoms with Gasteiger partial charge in [0.15, 0.2) is 6.10 Å². The lowest BCUT2D eigenvalue weighted by Gasteiger charge is -2.01. The van der Waals surface area contributed by atoms with Crippen LogP contribution < -0.4 is 5.32 Å². The van der Waals surface area contributed by atoms with Crippen molar-refractivity contribution < 1.29 is 9.53 Å². The highest BCUT2D eigenvalue weighted by molar-refractivity contribution is 5.96. The third kappa shape index (κ3) is 2.44. The van der Waals surface area contributed by atoms with Gasteiger partial charge in [0, 0.05) is 5.69 Å². The SMILES string of the molecule is C/C=C/C1OC1C(=O)Nc1ccccc1. The van der Waals surface area contributed by atoms with E-state index in [9.17, 15) is 4.79 Å². The average Bonchev–Trinajstić information content (AvgIpc) is 2.99. The monoisotopic (exact) mass is 203 g/mol. The van der Waals surface area contributed by atoms with E-state index in [4.69, 9.17) is 4.74 Å². The van der Waals surface area contributed by atoms with Crippen molar-refractivity contribution in [2.75, 3.05) is 5.32 Å². The molecule has 0 aliphatic carbocycles. The predicted octanol–water partition coefficient (Wildman–Crippen LogP) is 1.97. The molecule has 78 valence electrons. The zero-order valence-electron chi connectivity index (χ0n) is 8.51. The van der Waals surface area contributed by atoms with Crippen LogP contribution in [0.1, 0.15) is 6.92 Å². The van der Waals surface area contributed by atoms with E-state index < -0.39 is 0 Å². The molecule has 2 rings (SSSR count). The average molecular weight is 203 g/mol. The number of carbonyl (C=O) groups excluding carboxylic acids is 1. The highest BCUT2D eigenvalue weighted by Gasteiger charge is 2.42. The van der Waals surface area contributed by atoms with Gasteiger partial charge in [-0.2, -0.15) is 0 Å². The molecule has 2 unspecified atom stereocenters. The highest BCUT2D eigenvalue weighted by atomic mass is 16.6. The van der Waals surface area contributed by atoms with Gasteiger partial charge in [0.25, 0.3) is 5.91 Å². The molecule has 3 heteroatoms. The second-order valence-corrected chi connectivity index (χ2v) is 3.40. The number of amides is 1. The Labute approximate surface area is 88.8 Å². The molecule has 1 fully saturated rings. The Balaban J connectivity index is 1.89. The summed E-state index contributed by atoms with van der Waals surface area (Å²) in [6.07, 6.45) is 3.41. The molecule has 0 radical (unpaired) electrons. The first-order chi connectivity index (χ1) is 7.31. The zero-order chi connectivity index (χ0) is 10.7. The molecule has 0 aromatic heterocycles. The molecule has 1 aliphatic heterocycles. The summed E-state index contributed by atoms with van der Waals surface area (Å²) in [5, 5.41) is 2.79. The lowest BCUT2D eigenvalue weighted by Crippen LogP contribution is -2.19. The van der Waals surface area contributed by atoms with Crippen LogP contribution in [-0.4, -0.2) is 18.1 Å². The fourth-order valence-corrected chi connectivity index (χ4v) is 1.41. The van der Waals surface area contributed by atoms with Gasteiger partial charge in [0.05, 0.1) is 0 Å². The van der Waals surface area contributed by atoms with Crippen molar-refractivity contribution in [1.82, 2.24) is 0 Å². The minimum absolute atomic E-state index is 0.0429. The topological polar surface area (TPSA) is 41.6 Å². The maximum absolute atomic E-state index is 11.6. The van der Waals surface area contributed by atoms with E-state index in [1.807, 2.05) is 49.4 Å². The maximum atomic E-state index is 11.6. The Hall–Kier alpha value is -1.61. The van der Waals surface area contributed by atoms with E-state index in [2.05, 4.69) is 5.32 Å². The van der Waals surface area contributed by atoms with Crippen molar-refractivity contribution >= 4 is 11.6 Å². The van der Waals surface area contributed by atoms with E-state index in [-0.39, 0.29) is 18.1 Å². The number of benzene rings is 1. The van der Waals surface area contributed by atoms with E-state index in [0.717, 1.165) is 5.69 Å². The number of epoxide rings is 1. The summed E-state index contributed by atoms with van der Waals surface area (Å²) in [4.78, 5) is 11.6. The number of para-hydroxylation sites is 1. The van der Waals surface area contributed by atoms with E-state index in [0.29, 0.717) is 0 Å². The molecule has 1 N–H and O–H groups in total. The second kappa shape index (κ2) is 4.28. The molecule has 15 heavy (non-hydrogen) atoms. The van der Waals surface area contributed by atoms with Crippen LogP contribution in [0.3, 0.4) is 0 Å². The normalized spacial score (nSPS) is 24.1. The van der Waals surface area contributed by atoms with Crippen LogP contribution in [0.25, 0.3) is 0 Å². The summed E-state index contributed by atoms with van der Waals surface area (Å²) in [6.45, 7) is 1.91. The van der Waals surface area contributed by atoms with Gasteiger partial charge in [-0.05, 0) is 19.1 Å². The van der Waals surface area contributed by atoms with Gasteiger partial charge in [-0.1, -0.05) is 30.4 Å². The van der Waals surface area contributed by atoms with Crippen LogP contribution >= 0.6 is 0 Å². The van der Waals surface area contributed by atoms with Crippen molar-refractivity contribution in [3.05, 3.63) is 42.5 Å². The molecular weight excluding hydrogens is 190 g/mol. The molecule has 1 heterocycles. The molecule has 1 aromatic carbocycles. The molecule has 1 amide bonds. The standard InChI is InChI=1S/C12H13NO2/c1-2-6-10-11(15-10)12(14)13-9-7-4-3-5-8-9/h2-8,10-11H,1H3,(H,13,14)/b6-2+. The predicted molar refractivity (Wildman–Crippen MR) is 58.5 cm³/mol. The highest BCUT2D eigenvalue weighted by Crippen LogP contribution is 2.24. The van der Waals surface area contributed by atoms with Crippen LogP contribution in [0.5, 0.6) is 0 Å². The number of nitrogens with one attached hydrogen (secondary N) is 1. The van der Waals surface area contributed by atoms with Crippen LogP contribution in [-0.2, 0) is 9.53 Å². The number of rotatable bonds is 3. The molecular formula is C12H13NO2. The minimum atomic E-state index is -0.318. The van der Waals surface area contributed by atoms with E-state index >= 15 is 0 Å². The summed E-state index contributed by atoms with van der Waals surface area (Å²) >= 11 is 0. The third-order valence-electron chi connectivity index (χ3n) is 2.21. The smallest absolute Gasteiger partial charge is 0.256 e. The number of hydrogen-bond donors (Lipinski definition) is 1. The van der Waals surface area contributed by atoms with Crippen LogP contribution in [0, 0.1) is 0 Å². The maximum Gasteiger partial charge on any atom is 0.256 e. The summed E-state index contributed by atoms with van der Waals surface area (Å²) in [5.74, 6) is -0.0794. The molecule has 0 bridgehead atoms. The van der Waals surface area contributed by atoms with Gasteiger partial charge >= 0.3 is 0 Å². The number of anilines is 1. The van der Waals surface area contributed by atoms with Crippen LogP contribution in [0.4, 0.5) is 5.69 Å². The van der Waals surface area contributed by atoms with Gasteiger partial charge in [0.1, 0.15) is 6.10 Å². The van der Waals surface area contributed by atoms with Crippen LogP contribution in [0.15, 0.2) is 42.5 Å². The fourth-order valence-electron chi connectivity index (χ4n) is 1.41. The Morgan fingerprint density at radius 1 is 1.40 bits per heavy atom. The summed E-state index contributed by atoms with van der Waals surface area (Å²) in [7, 11) is 0. The quantitative estimate of drug-likeness (QED) is 0.602. The molecule has 1 saturated heterocycles. The zero-order valence-corrected chi connectivity index (χ0v) is 8.51. The Bertz CT molecular complexity index is 372. The van der Waals surface area contributed by atoms with E-state index in [1.54, 1.807) is 0 Å². The lowest BCUT2D eigenvalue weighted by atomic mass is 10.2. The third-order valence-corrected chi connectivity index (χ3v) is 2.21. The van der Waals surface area contributed by atoms with E-state index in [1.165, 1.54) is 0 Å². The van der Waals surface area contributed by atoms with Crippen molar-refractivity contribution in [3.63, 3.8) is 0 Å². The van der Waals surface area contributed by atoms with Crippen molar-refractivity contribution in [3.8, 4) is 0 Å². The van der Waals surface area contributed by atoms with Crippen molar-refractivity contribution in [2.24, 2.45) is 0 Å². The lowest BCUT2D eigenvalue weighted by molar-refractivity contribution is -0.117. The molecule has 0 saturated carbocycles. The van der Waals surface area contributed by atoms with Gasteiger partial charge in [-0.3, -0.25) is 4.79 Å². The van der Waals surface area contributed by atoms with Crippen molar-refractivity contribution in [1.29, 1.82) is 0 Å². The number of hydrogen-bond acceptors (Lipinski definition) is 2. The first-order valence-electron chi connectivity index (χ1n) is 4.95. The summed E-state index contributed by atoms with van der Waals surface area (Å²) in [6, 6.07) is 9.38. The molecule has 1 aromatic rings. The largest absolute Gasteiger partial charge is 0.355 e. The Kier molecular flexibility index (Phi) is 2.83. The Morgan fingerprint density at radius 3 is 2.80 bits per heavy atom. The number of allylic oxidation sites excluding steroid dienone is 1. The van der Waals surface area contributed by atoms with Gasteiger partial charge in [-0.15, -0.1) is 0 Å². The summed E-state index contributed by atoms with van der Waals surface area (Å²) < 4.78 is 5.19. The number of carbonyl (C=O) groups is 1. The number of ether oxygens (including phenoxy) is 1. The second-order valence-electron chi connectivity index (χ2n) is 3.40. The first kappa shape index (κ1) is 9.93. The Morgan fingerprint density at radius 2 is 2.13 bits per heavy atom. The van der Waals surface area contributed by atoms with Gasteiger partial charge in [-0.25, -0.2) is 0 Å². The fraction of sp³-hybridized carbons (Fsp3) is 0.250. The van der Waals surface area contributed by atoms with Crippen LogP contribution in [0.2, 0.25) is 0 Å². The van der Waals surface area contributed by atoms with Crippen molar-refractivity contribution in [2.45, 2.75) is 19.1 Å². The molecule has 3 nitrogen and oxygen atoms in total. The summed E-state index contributed by atoms with van der Waals surface area (Å²) in [5.41, 5.74) is 0.803.